The van der Waals surface area contributed by atoms with E-state index < -0.39 is 6.29 Å². The molecule has 0 spiro atoms. The highest BCUT2D eigenvalue weighted by Crippen LogP contribution is 2.07. The first-order valence-electron chi connectivity index (χ1n) is 4.66. The van der Waals surface area contributed by atoms with Crippen molar-refractivity contribution < 1.29 is 10.2 Å². The molecule has 0 saturated carbocycles. The molecule has 72 valence electrons. The van der Waals surface area contributed by atoms with Crippen LogP contribution in [0.5, 0.6) is 0 Å². The molecule has 0 aliphatic rings. The van der Waals surface area contributed by atoms with Crippen LogP contribution in [0.25, 0.3) is 0 Å². The molecule has 0 aliphatic carbocycles. The molecule has 2 nitrogen and oxygen atoms in total. The van der Waals surface area contributed by atoms with E-state index in [1.54, 1.807) is 0 Å². The molecule has 0 amide bonds. The summed E-state index contributed by atoms with van der Waals surface area (Å²) in [5.74, 6) is 0. The Labute approximate surface area is 78.8 Å². The van der Waals surface area contributed by atoms with Crippen molar-refractivity contribution in [1.82, 2.24) is 0 Å². The van der Waals surface area contributed by atoms with Crippen molar-refractivity contribution in [1.29, 1.82) is 0 Å². The minimum absolute atomic E-state index is 0.408. The molecule has 0 atom stereocenters. The highest BCUT2D eigenvalue weighted by Gasteiger charge is 1.98. The van der Waals surface area contributed by atoms with Crippen molar-refractivity contribution in [3.8, 4) is 0 Å². The summed E-state index contributed by atoms with van der Waals surface area (Å²) in [6, 6.07) is 8.25. The van der Waals surface area contributed by atoms with E-state index in [9.17, 15) is 0 Å². The molecule has 1 rings (SSSR count). The van der Waals surface area contributed by atoms with Crippen LogP contribution in [0.3, 0.4) is 0 Å². The van der Waals surface area contributed by atoms with Crippen LogP contribution >= 0.6 is 0 Å². The van der Waals surface area contributed by atoms with Gasteiger partial charge < -0.3 is 10.2 Å². The minimum atomic E-state index is -1.19. The van der Waals surface area contributed by atoms with E-state index in [2.05, 4.69) is 19.1 Å². The molecule has 0 radical (unpaired) electrons. The molecular formula is C11H16O2. The first-order valence-corrected chi connectivity index (χ1v) is 4.66. The van der Waals surface area contributed by atoms with Gasteiger partial charge in [0, 0.05) is 6.42 Å². The van der Waals surface area contributed by atoms with E-state index in [1.165, 1.54) is 5.56 Å². The van der Waals surface area contributed by atoms with E-state index in [-0.39, 0.29) is 0 Å². The van der Waals surface area contributed by atoms with Gasteiger partial charge in [0.25, 0.3) is 0 Å². The summed E-state index contributed by atoms with van der Waals surface area (Å²) in [7, 11) is 0. The third kappa shape index (κ3) is 3.57. The molecule has 0 aliphatic heterocycles. The Morgan fingerprint density at radius 2 is 1.62 bits per heavy atom. The lowest BCUT2D eigenvalue weighted by Gasteiger charge is -2.04. The molecule has 1 aromatic rings. The zero-order valence-corrected chi connectivity index (χ0v) is 7.90. The minimum Gasteiger partial charge on any atom is -0.368 e. The first-order chi connectivity index (χ1) is 6.22. The largest absolute Gasteiger partial charge is 0.368 e. The Hall–Kier alpha value is -0.860. The third-order valence-electron chi connectivity index (χ3n) is 2.12. The quantitative estimate of drug-likeness (QED) is 0.689. The number of rotatable bonds is 4. The fourth-order valence-electron chi connectivity index (χ4n) is 1.24. The van der Waals surface area contributed by atoms with Crippen LogP contribution in [-0.2, 0) is 12.8 Å². The smallest absolute Gasteiger partial charge is 0.151 e. The van der Waals surface area contributed by atoms with Crippen LogP contribution < -0.4 is 0 Å². The molecule has 0 fully saturated rings. The molecule has 1 aromatic carbocycles. The van der Waals surface area contributed by atoms with Crippen LogP contribution in [0.15, 0.2) is 24.3 Å². The second-order valence-corrected chi connectivity index (χ2v) is 3.19. The van der Waals surface area contributed by atoms with Crippen LogP contribution in [0, 0.1) is 0 Å². The lowest BCUT2D eigenvalue weighted by molar-refractivity contribution is -0.0446. The molecule has 2 N–H and O–H groups in total. The molecular weight excluding hydrogens is 164 g/mol. The monoisotopic (exact) mass is 180 g/mol. The van der Waals surface area contributed by atoms with Crippen molar-refractivity contribution in [3.05, 3.63) is 35.4 Å². The zero-order chi connectivity index (χ0) is 9.68. The first kappa shape index (κ1) is 10.2. The topological polar surface area (TPSA) is 40.5 Å². The average Bonchev–Trinajstić information content (AvgIpc) is 2.15. The summed E-state index contributed by atoms with van der Waals surface area (Å²) in [5.41, 5.74) is 2.47. The van der Waals surface area contributed by atoms with Gasteiger partial charge in [-0.25, -0.2) is 0 Å². The number of aliphatic hydroxyl groups excluding tert-OH is 1. The van der Waals surface area contributed by atoms with Crippen LogP contribution in [0.2, 0.25) is 0 Å². The maximum absolute atomic E-state index is 8.67. The summed E-state index contributed by atoms with van der Waals surface area (Å²) < 4.78 is 0. The maximum atomic E-state index is 8.67. The number of aryl methyl sites for hydroxylation is 2. The van der Waals surface area contributed by atoms with Crippen molar-refractivity contribution in [2.75, 3.05) is 0 Å². The van der Waals surface area contributed by atoms with Gasteiger partial charge in [0.15, 0.2) is 6.29 Å². The second kappa shape index (κ2) is 5.00. The van der Waals surface area contributed by atoms with Gasteiger partial charge in [0.2, 0.25) is 0 Å². The van der Waals surface area contributed by atoms with Gasteiger partial charge in [-0.15, -0.1) is 0 Å². The molecule has 13 heavy (non-hydrogen) atoms. The summed E-state index contributed by atoms with van der Waals surface area (Å²) in [5, 5.41) is 17.3. The second-order valence-electron chi connectivity index (χ2n) is 3.19. The lowest BCUT2D eigenvalue weighted by atomic mass is 10.1. The van der Waals surface area contributed by atoms with Crippen molar-refractivity contribution in [2.45, 2.75) is 32.5 Å². The Kier molecular flexibility index (Phi) is 3.93. The van der Waals surface area contributed by atoms with E-state index in [4.69, 9.17) is 10.2 Å². The molecule has 0 heterocycles. The highest BCUT2D eigenvalue weighted by atomic mass is 16.5. The molecule has 0 saturated heterocycles. The van der Waals surface area contributed by atoms with Gasteiger partial charge in [-0.3, -0.25) is 0 Å². The van der Waals surface area contributed by atoms with E-state index in [1.807, 2.05) is 12.1 Å². The predicted molar refractivity (Wildman–Crippen MR) is 52.4 cm³/mol. The van der Waals surface area contributed by atoms with E-state index >= 15 is 0 Å². The summed E-state index contributed by atoms with van der Waals surface area (Å²) in [4.78, 5) is 0. The van der Waals surface area contributed by atoms with Crippen LogP contribution in [0.1, 0.15) is 24.5 Å². The van der Waals surface area contributed by atoms with Gasteiger partial charge in [-0.2, -0.15) is 0 Å². The summed E-state index contributed by atoms with van der Waals surface area (Å²) in [6.45, 7) is 2.12. The van der Waals surface area contributed by atoms with E-state index in [0.717, 1.165) is 18.4 Å². The Morgan fingerprint density at radius 3 is 2.08 bits per heavy atom. The zero-order valence-electron chi connectivity index (χ0n) is 7.90. The average molecular weight is 180 g/mol. The van der Waals surface area contributed by atoms with Gasteiger partial charge in [0.1, 0.15) is 0 Å². The summed E-state index contributed by atoms with van der Waals surface area (Å²) in [6.07, 6.45) is 0.988. The van der Waals surface area contributed by atoms with Crippen molar-refractivity contribution in [2.24, 2.45) is 0 Å². The predicted octanol–water partition coefficient (Wildman–Crippen LogP) is 1.49. The standard InChI is InChI=1S/C11H16O2/c1-2-9-3-5-10(6-4-9)7-8-11(12)13/h3-6,11-13H,2,7-8H2,1H3. The Morgan fingerprint density at radius 1 is 1.08 bits per heavy atom. The van der Waals surface area contributed by atoms with Crippen molar-refractivity contribution >= 4 is 0 Å². The van der Waals surface area contributed by atoms with Gasteiger partial charge in [0.05, 0.1) is 0 Å². The van der Waals surface area contributed by atoms with Gasteiger partial charge >= 0.3 is 0 Å². The number of aliphatic hydroxyl groups is 2. The Bertz CT molecular complexity index is 239. The van der Waals surface area contributed by atoms with Crippen LogP contribution in [-0.4, -0.2) is 16.5 Å². The third-order valence-corrected chi connectivity index (χ3v) is 2.12. The van der Waals surface area contributed by atoms with Crippen molar-refractivity contribution in [3.63, 3.8) is 0 Å². The number of hydrogen-bond donors (Lipinski definition) is 2. The van der Waals surface area contributed by atoms with Gasteiger partial charge in [-0.05, 0) is 24.0 Å². The highest BCUT2D eigenvalue weighted by molar-refractivity contribution is 5.22. The molecule has 2 heteroatoms. The number of benzene rings is 1. The number of hydrogen-bond acceptors (Lipinski definition) is 2. The SMILES string of the molecule is CCc1ccc(CCC(O)O)cc1. The van der Waals surface area contributed by atoms with E-state index in [0.29, 0.717) is 6.42 Å². The fourth-order valence-corrected chi connectivity index (χ4v) is 1.24. The molecule has 0 unspecified atom stereocenters. The summed E-state index contributed by atoms with van der Waals surface area (Å²) >= 11 is 0. The molecule has 0 aromatic heterocycles. The van der Waals surface area contributed by atoms with Gasteiger partial charge in [-0.1, -0.05) is 31.2 Å². The maximum Gasteiger partial charge on any atom is 0.151 e. The molecule has 0 bridgehead atoms. The fraction of sp³-hybridized carbons (Fsp3) is 0.455. The Balaban J connectivity index is 2.49. The van der Waals surface area contributed by atoms with Crippen LogP contribution in [0.4, 0.5) is 0 Å². The normalized spacial score (nSPS) is 10.8. The lowest BCUT2D eigenvalue weighted by Crippen LogP contribution is -2.05.